The van der Waals surface area contributed by atoms with Gasteiger partial charge in [-0.15, -0.1) is 0 Å². The molecule has 5 heteroatoms. The van der Waals surface area contributed by atoms with Gasteiger partial charge in [-0.05, 0) is 49.7 Å². The van der Waals surface area contributed by atoms with E-state index in [1.165, 1.54) is 12.1 Å². The summed E-state index contributed by atoms with van der Waals surface area (Å²) in [6.45, 7) is 3.63. The number of aryl methyl sites for hydroxylation is 2. The molecular formula is C18H15FN2O2. The van der Waals surface area contributed by atoms with Crippen LogP contribution in [0.5, 0.6) is 0 Å². The van der Waals surface area contributed by atoms with E-state index < -0.39 is 5.97 Å². The van der Waals surface area contributed by atoms with Crippen molar-refractivity contribution in [2.75, 3.05) is 5.32 Å². The molecule has 0 fully saturated rings. The first-order valence-corrected chi connectivity index (χ1v) is 7.12. The molecule has 0 unspecified atom stereocenters. The second-order valence-electron chi connectivity index (χ2n) is 5.47. The third kappa shape index (κ3) is 2.99. The summed E-state index contributed by atoms with van der Waals surface area (Å²) < 4.78 is 13.7. The topological polar surface area (TPSA) is 62.2 Å². The molecule has 0 radical (unpaired) electrons. The van der Waals surface area contributed by atoms with Crippen molar-refractivity contribution in [2.24, 2.45) is 0 Å². The molecule has 0 aliphatic rings. The lowest BCUT2D eigenvalue weighted by molar-refractivity contribution is 0.0691. The van der Waals surface area contributed by atoms with Crippen LogP contribution in [0.2, 0.25) is 0 Å². The van der Waals surface area contributed by atoms with E-state index in [0.717, 1.165) is 10.9 Å². The number of nitrogens with one attached hydrogen (secondary N) is 1. The van der Waals surface area contributed by atoms with E-state index in [1.54, 1.807) is 25.1 Å². The van der Waals surface area contributed by atoms with Crippen molar-refractivity contribution in [1.82, 2.24) is 4.98 Å². The average molecular weight is 310 g/mol. The number of hydrogen-bond donors (Lipinski definition) is 2. The predicted molar refractivity (Wildman–Crippen MR) is 87.9 cm³/mol. The largest absolute Gasteiger partial charge is 0.477 e. The van der Waals surface area contributed by atoms with Crippen molar-refractivity contribution in [3.05, 3.63) is 65.1 Å². The van der Waals surface area contributed by atoms with Crippen molar-refractivity contribution in [3.63, 3.8) is 0 Å². The molecule has 0 aliphatic carbocycles. The van der Waals surface area contributed by atoms with Crippen molar-refractivity contribution in [3.8, 4) is 0 Å². The highest BCUT2D eigenvalue weighted by Crippen LogP contribution is 2.28. The Morgan fingerprint density at radius 1 is 1.13 bits per heavy atom. The van der Waals surface area contributed by atoms with Gasteiger partial charge in [0.1, 0.15) is 5.82 Å². The highest BCUT2D eigenvalue weighted by Gasteiger charge is 2.12. The standard InChI is InChI=1S/C18H15FN2O2/c1-10-3-6-15-13(7-10)16(9-17(21-15)18(22)23)20-12-5-4-11(2)14(19)8-12/h3-9H,1-2H3,(H,20,21)(H,22,23). The van der Waals surface area contributed by atoms with Gasteiger partial charge in [0.15, 0.2) is 5.69 Å². The van der Waals surface area contributed by atoms with Crippen LogP contribution in [-0.2, 0) is 0 Å². The van der Waals surface area contributed by atoms with Crippen LogP contribution in [0.3, 0.4) is 0 Å². The molecule has 0 amide bonds. The Balaban J connectivity index is 2.15. The minimum absolute atomic E-state index is 0.0589. The van der Waals surface area contributed by atoms with E-state index in [-0.39, 0.29) is 11.5 Å². The lowest BCUT2D eigenvalue weighted by atomic mass is 10.1. The lowest BCUT2D eigenvalue weighted by Crippen LogP contribution is -2.03. The molecule has 2 aromatic carbocycles. The van der Waals surface area contributed by atoms with Gasteiger partial charge in [0.05, 0.1) is 11.2 Å². The van der Waals surface area contributed by atoms with Gasteiger partial charge in [-0.1, -0.05) is 17.7 Å². The van der Waals surface area contributed by atoms with E-state index in [0.29, 0.717) is 22.5 Å². The number of carbonyl (C=O) groups is 1. The van der Waals surface area contributed by atoms with Crippen LogP contribution in [0.15, 0.2) is 42.5 Å². The number of aromatic carboxylic acids is 1. The molecular weight excluding hydrogens is 295 g/mol. The Bertz CT molecular complexity index is 922. The number of nitrogens with zero attached hydrogens (tertiary/aromatic N) is 1. The van der Waals surface area contributed by atoms with Crippen LogP contribution in [0, 0.1) is 19.7 Å². The molecule has 1 heterocycles. The minimum atomic E-state index is -1.11. The minimum Gasteiger partial charge on any atom is -0.477 e. The van der Waals surface area contributed by atoms with Gasteiger partial charge in [-0.2, -0.15) is 0 Å². The highest BCUT2D eigenvalue weighted by molar-refractivity contribution is 5.98. The van der Waals surface area contributed by atoms with Gasteiger partial charge in [-0.25, -0.2) is 14.2 Å². The number of fused-ring (bicyclic) bond motifs is 1. The quantitative estimate of drug-likeness (QED) is 0.751. The Hall–Kier alpha value is -2.95. The van der Waals surface area contributed by atoms with Crippen molar-refractivity contribution in [2.45, 2.75) is 13.8 Å². The molecule has 23 heavy (non-hydrogen) atoms. The monoisotopic (exact) mass is 310 g/mol. The molecule has 1 aromatic heterocycles. The number of aromatic nitrogens is 1. The number of carboxylic acids is 1. The Kier molecular flexibility index (Phi) is 3.70. The maximum Gasteiger partial charge on any atom is 0.354 e. The summed E-state index contributed by atoms with van der Waals surface area (Å²) in [4.78, 5) is 15.4. The zero-order valence-corrected chi connectivity index (χ0v) is 12.7. The van der Waals surface area contributed by atoms with Crippen LogP contribution < -0.4 is 5.32 Å². The molecule has 4 nitrogen and oxygen atoms in total. The molecule has 3 aromatic rings. The van der Waals surface area contributed by atoms with E-state index in [9.17, 15) is 14.3 Å². The van der Waals surface area contributed by atoms with Crippen LogP contribution in [0.1, 0.15) is 21.6 Å². The number of halogens is 1. The number of rotatable bonds is 3. The lowest BCUT2D eigenvalue weighted by Gasteiger charge is -2.12. The summed E-state index contributed by atoms with van der Waals surface area (Å²) in [5, 5.41) is 13.1. The Morgan fingerprint density at radius 3 is 2.61 bits per heavy atom. The van der Waals surface area contributed by atoms with Crippen molar-refractivity contribution < 1.29 is 14.3 Å². The Morgan fingerprint density at radius 2 is 1.91 bits per heavy atom. The van der Waals surface area contributed by atoms with Crippen LogP contribution in [-0.4, -0.2) is 16.1 Å². The van der Waals surface area contributed by atoms with Crippen molar-refractivity contribution in [1.29, 1.82) is 0 Å². The maximum atomic E-state index is 13.7. The van der Waals surface area contributed by atoms with Crippen LogP contribution in [0.25, 0.3) is 10.9 Å². The average Bonchev–Trinajstić information content (AvgIpc) is 2.51. The van der Waals surface area contributed by atoms with Gasteiger partial charge in [0.25, 0.3) is 0 Å². The molecule has 0 spiro atoms. The fraction of sp³-hybridized carbons (Fsp3) is 0.111. The van der Waals surface area contributed by atoms with E-state index >= 15 is 0 Å². The van der Waals surface area contributed by atoms with Gasteiger partial charge in [0.2, 0.25) is 0 Å². The fourth-order valence-corrected chi connectivity index (χ4v) is 2.38. The van der Waals surface area contributed by atoms with Crippen LogP contribution in [0.4, 0.5) is 15.8 Å². The first kappa shape index (κ1) is 15.0. The molecule has 0 bridgehead atoms. The fourth-order valence-electron chi connectivity index (χ4n) is 2.38. The number of hydrogen-bond acceptors (Lipinski definition) is 3. The highest BCUT2D eigenvalue weighted by atomic mass is 19.1. The molecule has 0 saturated heterocycles. The van der Waals surface area contributed by atoms with Gasteiger partial charge in [0, 0.05) is 11.1 Å². The zero-order chi connectivity index (χ0) is 16.6. The van der Waals surface area contributed by atoms with Gasteiger partial charge < -0.3 is 10.4 Å². The molecule has 2 N–H and O–H groups in total. The summed E-state index contributed by atoms with van der Waals surface area (Å²) in [7, 11) is 0. The summed E-state index contributed by atoms with van der Waals surface area (Å²) in [5.41, 5.74) is 3.23. The number of carboxylic acid groups (broad SMARTS) is 1. The molecule has 0 aliphatic heterocycles. The molecule has 0 atom stereocenters. The Labute approximate surface area is 132 Å². The second kappa shape index (κ2) is 5.68. The van der Waals surface area contributed by atoms with E-state index in [2.05, 4.69) is 10.3 Å². The summed E-state index contributed by atoms with van der Waals surface area (Å²) >= 11 is 0. The number of pyridine rings is 1. The number of benzene rings is 2. The first-order chi connectivity index (χ1) is 10.9. The van der Waals surface area contributed by atoms with Gasteiger partial charge in [-0.3, -0.25) is 0 Å². The van der Waals surface area contributed by atoms with Gasteiger partial charge >= 0.3 is 5.97 Å². The zero-order valence-electron chi connectivity index (χ0n) is 12.7. The maximum absolute atomic E-state index is 13.7. The number of anilines is 2. The first-order valence-electron chi connectivity index (χ1n) is 7.12. The summed E-state index contributed by atoms with van der Waals surface area (Å²) in [6.07, 6.45) is 0. The predicted octanol–water partition coefficient (Wildman–Crippen LogP) is 4.43. The van der Waals surface area contributed by atoms with E-state index in [1.807, 2.05) is 19.1 Å². The third-order valence-corrected chi connectivity index (χ3v) is 3.63. The summed E-state index contributed by atoms with van der Waals surface area (Å²) in [6, 6.07) is 11.8. The van der Waals surface area contributed by atoms with Crippen molar-refractivity contribution >= 4 is 28.2 Å². The SMILES string of the molecule is Cc1ccc2nc(C(=O)O)cc(Nc3ccc(C)c(F)c3)c2c1. The second-order valence-corrected chi connectivity index (χ2v) is 5.47. The molecule has 3 rings (SSSR count). The van der Waals surface area contributed by atoms with Crippen LogP contribution >= 0.6 is 0 Å². The third-order valence-electron chi connectivity index (χ3n) is 3.63. The van der Waals surface area contributed by atoms with E-state index in [4.69, 9.17) is 0 Å². The molecule has 0 saturated carbocycles. The summed E-state index contributed by atoms with van der Waals surface area (Å²) in [5.74, 6) is -1.42. The normalized spacial score (nSPS) is 10.7. The smallest absolute Gasteiger partial charge is 0.354 e. The molecule has 116 valence electrons.